The van der Waals surface area contributed by atoms with E-state index in [2.05, 4.69) is 27.4 Å². The molecule has 2 N–H and O–H groups in total. The summed E-state index contributed by atoms with van der Waals surface area (Å²) < 4.78 is 28.0. The molecule has 2 heterocycles. The van der Waals surface area contributed by atoms with Crippen molar-refractivity contribution in [3.05, 3.63) is 29.8 Å². The second kappa shape index (κ2) is 11.1. The minimum atomic E-state index is -0.506. The third-order valence-corrected chi connectivity index (χ3v) is 5.39. The molecule has 2 saturated heterocycles. The Morgan fingerprint density at radius 2 is 1.89 bits per heavy atom. The predicted octanol–water partition coefficient (Wildman–Crippen LogP) is 3.06. The van der Waals surface area contributed by atoms with Crippen LogP contribution in [0.1, 0.15) is 26.2 Å². The van der Waals surface area contributed by atoms with E-state index in [9.17, 15) is 8.78 Å². The van der Waals surface area contributed by atoms with Crippen LogP contribution in [0, 0.1) is 17.6 Å². The SMILES string of the molecule is CN=C(NCC(C)CN1CCCC1)NC1CCN(c2c(F)cccc2F)C1.I. The van der Waals surface area contributed by atoms with E-state index in [4.69, 9.17) is 0 Å². The third-order valence-electron chi connectivity index (χ3n) is 5.39. The average Bonchev–Trinajstić information content (AvgIpc) is 3.30. The lowest BCUT2D eigenvalue weighted by atomic mass is 10.1. The number of para-hydroxylation sites is 1. The van der Waals surface area contributed by atoms with Crippen molar-refractivity contribution < 1.29 is 8.78 Å². The zero-order valence-corrected chi connectivity index (χ0v) is 19.1. The Morgan fingerprint density at radius 1 is 1.21 bits per heavy atom. The summed E-state index contributed by atoms with van der Waals surface area (Å²) in [5.41, 5.74) is 0.0731. The van der Waals surface area contributed by atoms with Crippen LogP contribution in [0.5, 0.6) is 0 Å². The Balaban J connectivity index is 0.00000280. The van der Waals surface area contributed by atoms with Crippen molar-refractivity contribution in [3.8, 4) is 0 Å². The summed E-state index contributed by atoms with van der Waals surface area (Å²) in [6.45, 7) is 7.81. The van der Waals surface area contributed by atoms with E-state index in [1.165, 1.54) is 44.1 Å². The zero-order valence-electron chi connectivity index (χ0n) is 16.8. The van der Waals surface area contributed by atoms with E-state index in [0.29, 0.717) is 19.0 Å². The molecule has 5 nitrogen and oxygen atoms in total. The largest absolute Gasteiger partial charge is 0.365 e. The molecular formula is C20H32F2IN5. The maximum absolute atomic E-state index is 14.0. The molecule has 2 atom stereocenters. The molecule has 28 heavy (non-hydrogen) atoms. The van der Waals surface area contributed by atoms with Crippen molar-refractivity contribution in [2.45, 2.75) is 32.2 Å². The fourth-order valence-corrected chi connectivity index (χ4v) is 4.00. The molecular weight excluding hydrogens is 475 g/mol. The van der Waals surface area contributed by atoms with E-state index in [1.54, 1.807) is 11.9 Å². The molecule has 0 aromatic heterocycles. The van der Waals surface area contributed by atoms with Crippen LogP contribution >= 0.6 is 24.0 Å². The monoisotopic (exact) mass is 507 g/mol. The lowest BCUT2D eigenvalue weighted by molar-refractivity contribution is 0.287. The number of rotatable bonds is 6. The summed E-state index contributed by atoms with van der Waals surface area (Å²) in [6, 6.07) is 4.13. The van der Waals surface area contributed by atoms with Crippen molar-refractivity contribution >= 4 is 35.6 Å². The highest BCUT2D eigenvalue weighted by atomic mass is 127. The first-order valence-corrected chi connectivity index (χ1v) is 9.95. The van der Waals surface area contributed by atoms with Crippen LogP contribution in [0.15, 0.2) is 23.2 Å². The normalized spacial score (nSPS) is 21.5. The van der Waals surface area contributed by atoms with Crippen molar-refractivity contribution in [1.29, 1.82) is 0 Å². The van der Waals surface area contributed by atoms with Crippen molar-refractivity contribution in [2.24, 2.45) is 10.9 Å². The Kier molecular flexibility index (Phi) is 9.20. The van der Waals surface area contributed by atoms with Gasteiger partial charge in [-0.15, -0.1) is 24.0 Å². The fourth-order valence-electron chi connectivity index (χ4n) is 4.00. The van der Waals surface area contributed by atoms with E-state index < -0.39 is 11.6 Å². The van der Waals surface area contributed by atoms with Crippen molar-refractivity contribution in [1.82, 2.24) is 15.5 Å². The summed E-state index contributed by atoms with van der Waals surface area (Å²) in [6.07, 6.45) is 3.44. The molecule has 158 valence electrons. The lowest BCUT2D eigenvalue weighted by Crippen LogP contribution is -2.46. The highest BCUT2D eigenvalue weighted by Crippen LogP contribution is 2.26. The third kappa shape index (κ3) is 6.17. The molecule has 3 rings (SSSR count). The van der Waals surface area contributed by atoms with Gasteiger partial charge >= 0.3 is 0 Å². The number of likely N-dealkylation sites (tertiary alicyclic amines) is 1. The summed E-state index contributed by atoms with van der Waals surface area (Å²) in [5, 5.41) is 6.78. The molecule has 0 bridgehead atoms. The molecule has 8 heteroatoms. The highest BCUT2D eigenvalue weighted by Gasteiger charge is 2.27. The predicted molar refractivity (Wildman–Crippen MR) is 122 cm³/mol. The average molecular weight is 507 g/mol. The van der Waals surface area contributed by atoms with Crippen molar-refractivity contribution in [3.63, 3.8) is 0 Å². The van der Waals surface area contributed by atoms with Gasteiger partial charge in [-0.3, -0.25) is 4.99 Å². The number of nitrogens with zero attached hydrogens (tertiary/aromatic N) is 3. The molecule has 0 aliphatic carbocycles. The second-order valence-electron chi connectivity index (χ2n) is 7.71. The summed E-state index contributed by atoms with van der Waals surface area (Å²) >= 11 is 0. The van der Waals surface area contributed by atoms with Crippen LogP contribution in [-0.4, -0.2) is 63.2 Å². The van der Waals surface area contributed by atoms with Gasteiger partial charge in [-0.25, -0.2) is 8.78 Å². The second-order valence-corrected chi connectivity index (χ2v) is 7.71. The van der Waals surface area contributed by atoms with Crippen LogP contribution in [0.4, 0.5) is 14.5 Å². The molecule has 2 fully saturated rings. The summed E-state index contributed by atoms with van der Waals surface area (Å²) in [7, 11) is 1.75. The molecule has 2 aliphatic heterocycles. The van der Waals surface area contributed by atoms with E-state index in [0.717, 1.165) is 25.5 Å². The summed E-state index contributed by atoms with van der Waals surface area (Å²) in [4.78, 5) is 8.59. The van der Waals surface area contributed by atoms with Crippen LogP contribution in [0.25, 0.3) is 0 Å². The van der Waals surface area contributed by atoms with Gasteiger partial charge < -0.3 is 20.4 Å². The first-order valence-electron chi connectivity index (χ1n) is 9.95. The van der Waals surface area contributed by atoms with Gasteiger partial charge in [0.25, 0.3) is 0 Å². The minimum Gasteiger partial charge on any atom is -0.365 e. The van der Waals surface area contributed by atoms with Gasteiger partial charge in [0.2, 0.25) is 0 Å². The van der Waals surface area contributed by atoms with E-state index in [1.807, 2.05) is 0 Å². The quantitative estimate of drug-likeness (QED) is 0.353. The molecule has 1 aromatic carbocycles. The number of nitrogens with one attached hydrogen (secondary N) is 2. The summed E-state index contributed by atoms with van der Waals surface area (Å²) in [5.74, 6) is 0.279. The maximum Gasteiger partial charge on any atom is 0.191 e. The van der Waals surface area contributed by atoms with Gasteiger partial charge in [-0.1, -0.05) is 13.0 Å². The molecule has 1 aromatic rings. The van der Waals surface area contributed by atoms with Gasteiger partial charge in [0.1, 0.15) is 17.3 Å². The van der Waals surface area contributed by atoms with E-state index in [-0.39, 0.29) is 35.7 Å². The number of hydrogen-bond donors (Lipinski definition) is 2. The number of aliphatic imine (C=N–C) groups is 1. The van der Waals surface area contributed by atoms with Gasteiger partial charge in [0.05, 0.1) is 0 Å². The van der Waals surface area contributed by atoms with Crippen LogP contribution in [0.3, 0.4) is 0 Å². The number of guanidine groups is 1. The van der Waals surface area contributed by atoms with Crippen LogP contribution < -0.4 is 15.5 Å². The molecule has 2 unspecified atom stereocenters. The van der Waals surface area contributed by atoms with Gasteiger partial charge in [-0.2, -0.15) is 0 Å². The molecule has 0 amide bonds. The van der Waals surface area contributed by atoms with Gasteiger partial charge in [0.15, 0.2) is 5.96 Å². The standard InChI is InChI=1S/C20H31F2N5.HI/c1-15(13-26-9-3-4-10-26)12-24-20(23-2)25-16-8-11-27(14-16)19-17(21)6-5-7-18(19)22;/h5-7,15-16H,3-4,8-14H2,1-2H3,(H2,23,24,25);1H. The highest BCUT2D eigenvalue weighted by molar-refractivity contribution is 14.0. The number of halogens is 3. The van der Waals surface area contributed by atoms with Crippen LogP contribution in [-0.2, 0) is 0 Å². The Bertz CT molecular complexity index is 631. The maximum atomic E-state index is 14.0. The molecule has 2 aliphatic rings. The van der Waals surface area contributed by atoms with E-state index >= 15 is 0 Å². The van der Waals surface area contributed by atoms with Crippen LogP contribution in [0.2, 0.25) is 0 Å². The molecule has 0 radical (unpaired) electrons. The lowest BCUT2D eigenvalue weighted by Gasteiger charge is -2.23. The first-order chi connectivity index (χ1) is 13.1. The Hall–Kier alpha value is -1.16. The first kappa shape index (κ1) is 23.1. The fraction of sp³-hybridized carbons (Fsp3) is 0.650. The Labute approximate surface area is 184 Å². The molecule has 0 spiro atoms. The molecule has 0 saturated carbocycles. The zero-order chi connectivity index (χ0) is 19.2. The van der Waals surface area contributed by atoms with Gasteiger partial charge in [-0.05, 0) is 50.4 Å². The number of hydrogen-bond acceptors (Lipinski definition) is 3. The smallest absolute Gasteiger partial charge is 0.191 e. The van der Waals surface area contributed by atoms with Crippen molar-refractivity contribution in [2.75, 3.05) is 51.2 Å². The minimum absolute atomic E-state index is 0. The number of benzene rings is 1. The topological polar surface area (TPSA) is 42.9 Å². The van der Waals surface area contributed by atoms with Gasteiger partial charge in [0, 0.05) is 39.3 Å². The number of anilines is 1. The Morgan fingerprint density at radius 3 is 2.54 bits per heavy atom.